The van der Waals surface area contributed by atoms with E-state index in [0.29, 0.717) is 6.42 Å². The van der Waals surface area contributed by atoms with Gasteiger partial charge in [0.05, 0.1) is 7.11 Å². The normalized spacial score (nSPS) is 11.9. The third-order valence-corrected chi connectivity index (χ3v) is 3.09. The second-order valence-corrected chi connectivity index (χ2v) is 5.45. The maximum atomic E-state index is 10.9. The Bertz CT molecular complexity index is 217. The first kappa shape index (κ1) is 16.4. The lowest BCUT2D eigenvalue weighted by Gasteiger charge is -2.24. The molecular formula is C13H28N2O2. The van der Waals surface area contributed by atoms with E-state index in [4.69, 9.17) is 5.73 Å². The summed E-state index contributed by atoms with van der Waals surface area (Å²) in [4.78, 5) is 13.2. The predicted octanol–water partition coefficient (Wildman–Crippen LogP) is 1.64. The molecule has 17 heavy (non-hydrogen) atoms. The van der Waals surface area contributed by atoms with Crippen molar-refractivity contribution in [3.63, 3.8) is 0 Å². The fourth-order valence-electron chi connectivity index (χ4n) is 1.64. The maximum Gasteiger partial charge on any atom is 0.305 e. The first-order valence-corrected chi connectivity index (χ1v) is 6.37. The number of esters is 1. The molecule has 0 atom stereocenters. The Morgan fingerprint density at radius 2 is 1.88 bits per heavy atom. The van der Waals surface area contributed by atoms with Crippen LogP contribution in [0.5, 0.6) is 0 Å². The van der Waals surface area contributed by atoms with Gasteiger partial charge in [0.15, 0.2) is 0 Å². The summed E-state index contributed by atoms with van der Waals surface area (Å²) >= 11 is 0. The summed E-state index contributed by atoms with van der Waals surface area (Å²) in [5, 5.41) is 0. The predicted molar refractivity (Wildman–Crippen MR) is 70.8 cm³/mol. The minimum atomic E-state index is -0.123. The maximum absolute atomic E-state index is 10.9. The Labute approximate surface area is 105 Å². The summed E-state index contributed by atoms with van der Waals surface area (Å²) in [6, 6.07) is 0. The van der Waals surface area contributed by atoms with Crippen molar-refractivity contribution >= 4 is 5.97 Å². The Balaban J connectivity index is 3.53. The second-order valence-electron chi connectivity index (χ2n) is 5.45. The van der Waals surface area contributed by atoms with Crippen LogP contribution in [0.2, 0.25) is 0 Å². The lowest BCUT2D eigenvalue weighted by molar-refractivity contribution is -0.140. The number of hydrogen-bond donors (Lipinski definition) is 1. The van der Waals surface area contributed by atoms with Crippen LogP contribution >= 0.6 is 0 Å². The number of nitrogens with zero attached hydrogens (tertiary/aromatic N) is 1. The van der Waals surface area contributed by atoms with Crippen LogP contribution in [0, 0.1) is 5.41 Å². The first-order chi connectivity index (χ1) is 7.91. The average molecular weight is 244 g/mol. The average Bonchev–Trinajstić information content (AvgIpc) is 2.28. The van der Waals surface area contributed by atoms with Gasteiger partial charge in [-0.25, -0.2) is 0 Å². The number of methoxy groups -OCH3 is 1. The summed E-state index contributed by atoms with van der Waals surface area (Å²) < 4.78 is 4.60. The molecule has 0 aromatic heterocycles. The molecule has 4 nitrogen and oxygen atoms in total. The third-order valence-electron chi connectivity index (χ3n) is 3.09. The number of nitrogens with two attached hydrogens (primary N) is 1. The van der Waals surface area contributed by atoms with Gasteiger partial charge in [-0.2, -0.15) is 0 Å². The molecule has 0 saturated carbocycles. The van der Waals surface area contributed by atoms with Crippen molar-refractivity contribution in [1.82, 2.24) is 4.90 Å². The lowest BCUT2D eigenvalue weighted by Crippen LogP contribution is -2.27. The molecule has 0 saturated heterocycles. The molecule has 0 unspecified atom stereocenters. The molecule has 0 radical (unpaired) electrons. The van der Waals surface area contributed by atoms with E-state index >= 15 is 0 Å². The van der Waals surface area contributed by atoms with Crippen LogP contribution in [-0.2, 0) is 9.53 Å². The van der Waals surface area contributed by atoms with Crippen molar-refractivity contribution in [3.8, 4) is 0 Å². The Morgan fingerprint density at radius 1 is 1.29 bits per heavy atom. The van der Waals surface area contributed by atoms with Gasteiger partial charge in [-0.15, -0.1) is 0 Å². The highest BCUT2D eigenvalue weighted by Gasteiger charge is 2.14. The van der Waals surface area contributed by atoms with Gasteiger partial charge >= 0.3 is 5.97 Å². The summed E-state index contributed by atoms with van der Waals surface area (Å²) in [7, 11) is 3.52. The molecule has 0 aromatic rings. The summed E-state index contributed by atoms with van der Waals surface area (Å²) in [5.74, 6) is -0.123. The molecule has 4 heteroatoms. The van der Waals surface area contributed by atoms with Gasteiger partial charge in [-0.1, -0.05) is 13.8 Å². The SMILES string of the molecule is COC(=O)CCCN(C)CCCC(C)(C)CN. The molecule has 0 rings (SSSR count). The largest absolute Gasteiger partial charge is 0.469 e. The van der Waals surface area contributed by atoms with Gasteiger partial charge in [0.25, 0.3) is 0 Å². The zero-order valence-corrected chi connectivity index (χ0v) is 11.8. The van der Waals surface area contributed by atoms with Crippen LogP contribution in [0.3, 0.4) is 0 Å². The molecule has 102 valence electrons. The van der Waals surface area contributed by atoms with Crippen molar-refractivity contribution in [3.05, 3.63) is 0 Å². The van der Waals surface area contributed by atoms with Crippen LogP contribution in [0.25, 0.3) is 0 Å². The van der Waals surface area contributed by atoms with Gasteiger partial charge in [0, 0.05) is 6.42 Å². The fourth-order valence-corrected chi connectivity index (χ4v) is 1.64. The molecule has 0 aliphatic heterocycles. The standard InChI is InChI=1S/C13H28N2O2/c1-13(2,11-14)8-6-10-15(3)9-5-7-12(16)17-4/h5-11,14H2,1-4H3. The Morgan fingerprint density at radius 3 is 2.41 bits per heavy atom. The van der Waals surface area contributed by atoms with Gasteiger partial charge < -0.3 is 15.4 Å². The number of ether oxygens (including phenoxy) is 1. The molecule has 0 amide bonds. The van der Waals surface area contributed by atoms with Crippen molar-refractivity contribution < 1.29 is 9.53 Å². The Kier molecular flexibility index (Phi) is 8.17. The minimum absolute atomic E-state index is 0.123. The quantitative estimate of drug-likeness (QED) is 0.626. The smallest absolute Gasteiger partial charge is 0.305 e. The van der Waals surface area contributed by atoms with E-state index in [2.05, 4.69) is 30.5 Å². The van der Waals surface area contributed by atoms with Crippen molar-refractivity contribution in [2.24, 2.45) is 11.1 Å². The van der Waals surface area contributed by atoms with Crippen LogP contribution in [-0.4, -0.2) is 44.7 Å². The molecular weight excluding hydrogens is 216 g/mol. The molecule has 0 fully saturated rings. The van der Waals surface area contributed by atoms with Crippen LogP contribution in [0.1, 0.15) is 39.5 Å². The third kappa shape index (κ3) is 9.12. The van der Waals surface area contributed by atoms with Crippen molar-refractivity contribution in [2.75, 3.05) is 33.8 Å². The van der Waals surface area contributed by atoms with Crippen molar-refractivity contribution in [2.45, 2.75) is 39.5 Å². The molecule has 0 bridgehead atoms. The van der Waals surface area contributed by atoms with E-state index in [0.717, 1.165) is 38.9 Å². The highest BCUT2D eigenvalue weighted by molar-refractivity contribution is 5.69. The fraction of sp³-hybridized carbons (Fsp3) is 0.923. The van der Waals surface area contributed by atoms with Gasteiger partial charge in [0.1, 0.15) is 0 Å². The lowest BCUT2D eigenvalue weighted by atomic mass is 9.88. The molecule has 2 N–H and O–H groups in total. The van der Waals surface area contributed by atoms with E-state index in [1.165, 1.54) is 7.11 Å². The molecule has 0 spiro atoms. The summed E-state index contributed by atoms with van der Waals surface area (Å²) in [6.45, 7) is 7.14. The number of rotatable bonds is 9. The first-order valence-electron chi connectivity index (χ1n) is 6.37. The molecule has 0 heterocycles. The van der Waals surface area contributed by atoms with E-state index in [1.54, 1.807) is 0 Å². The monoisotopic (exact) mass is 244 g/mol. The number of carbonyl (C=O) groups excluding carboxylic acids is 1. The van der Waals surface area contributed by atoms with Crippen LogP contribution in [0.4, 0.5) is 0 Å². The summed E-state index contributed by atoms with van der Waals surface area (Å²) in [5.41, 5.74) is 5.93. The molecule has 0 aromatic carbocycles. The topological polar surface area (TPSA) is 55.6 Å². The van der Waals surface area contributed by atoms with E-state index in [1.807, 2.05) is 0 Å². The number of hydrogen-bond acceptors (Lipinski definition) is 4. The minimum Gasteiger partial charge on any atom is -0.469 e. The molecule has 0 aliphatic carbocycles. The second kappa shape index (κ2) is 8.48. The Hall–Kier alpha value is -0.610. The van der Waals surface area contributed by atoms with E-state index < -0.39 is 0 Å². The van der Waals surface area contributed by atoms with E-state index in [9.17, 15) is 4.79 Å². The zero-order valence-electron chi connectivity index (χ0n) is 11.8. The summed E-state index contributed by atoms with van der Waals surface area (Å²) in [6.07, 6.45) is 3.67. The van der Waals surface area contributed by atoms with Gasteiger partial charge in [0.2, 0.25) is 0 Å². The van der Waals surface area contributed by atoms with Gasteiger partial charge in [-0.3, -0.25) is 4.79 Å². The molecule has 0 aliphatic rings. The highest BCUT2D eigenvalue weighted by atomic mass is 16.5. The van der Waals surface area contributed by atoms with Crippen molar-refractivity contribution in [1.29, 1.82) is 0 Å². The van der Waals surface area contributed by atoms with Gasteiger partial charge in [-0.05, 0) is 51.4 Å². The highest BCUT2D eigenvalue weighted by Crippen LogP contribution is 2.20. The van der Waals surface area contributed by atoms with Crippen LogP contribution in [0.15, 0.2) is 0 Å². The zero-order chi connectivity index (χ0) is 13.3. The van der Waals surface area contributed by atoms with Crippen LogP contribution < -0.4 is 5.73 Å². The van der Waals surface area contributed by atoms with E-state index in [-0.39, 0.29) is 11.4 Å². The number of carbonyl (C=O) groups is 1.